The predicted octanol–water partition coefficient (Wildman–Crippen LogP) is 3.38. The van der Waals surface area contributed by atoms with Gasteiger partial charge in [-0.1, -0.05) is 32.4 Å². The molecule has 0 spiro atoms. The first-order valence-electron chi connectivity index (χ1n) is 11.5. The van der Waals surface area contributed by atoms with Crippen LogP contribution in [-0.4, -0.2) is 63.6 Å². The summed E-state index contributed by atoms with van der Waals surface area (Å²) >= 11 is 0. The molecule has 0 amide bonds. The molecule has 0 saturated heterocycles. The van der Waals surface area contributed by atoms with Crippen LogP contribution in [0.4, 0.5) is 0 Å². The Morgan fingerprint density at radius 2 is 2.07 bits per heavy atom. The number of fused-ring (bicyclic) bond motifs is 1. The lowest BCUT2D eigenvalue weighted by Crippen LogP contribution is -2.35. The van der Waals surface area contributed by atoms with E-state index < -0.39 is 0 Å². The lowest BCUT2D eigenvalue weighted by Gasteiger charge is -2.28. The molecule has 4 rings (SSSR count). The van der Waals surface area contributed by atoms with Gasteiger partial charge in [-0.25, -0.2) is 4.68 Å². The van der Waals surface area contributed by atoms with Crippen LogP contribution in [0.1, 0.15) is 56.5 Å². The van der Waals surface area contributed by atoms with E-state index in [1.165, 1.54) is 24.1 Å². The van der Waals surface area contributed by atoms with Crippen LogP contribution < -0.4 is 4.74 Å². The summed E-state index contributed by atoms with van der Waals surface area (Å²) in [5.41, 5.74) is 4.84. The highest BCUT2D eigenvalue weighted by Gasteiger charge is 2.33. The summed E-state index contributed by atoms with van der Waals surface area (Å²) < 4.78 is 7.75. The lowest BCUT2D eigenvalue weighted by atomic mass is 10.0. The minimum Gasteiger partial charge on any atom is -0.494 e. The van der Waals surface area contributed by atoms with Gasteiger partial charge in [-0.05, 0) is 37.9 Å². The van der Waals surface area contributed by atoms with E-state index in [2.05, 4.69) is 34.4 Å². The number of aliphatic hydroxyl groups excluding tert-OH is 1. The Kier molecular flexibility index (Phi) is 6.76. The van der Waals surface area contributed by atoms with Gasteiger partial charge in [-0.2, -0.15) is 5.10 Å². The fraction of sp³-hybridized carbons (Fsp3) is 0.625. The second kappa shape index (κ2) is 9.50. The molecule has 164 valence electrons. The molecular formula is C24H36N4O2. The summed E-state index contributed by atoms with van der Waals surface area (Å²) in [6.07, 6.45) is 5.08. The molecule has 1 unspecified atom stereocenters. The molecule has 1 fully saturated rings. The monoisotopic (exact) mass is 412 g/mol. The average Bonchev–Trinajstić information content (AvgIpc) is 3.56. The average molecular weight is 413 g/mol. The maximum Gasteiger partial charge on any atom is 0.144 e. The van der Waals surface area contributed by atoms with E-state index in [4.69, 9.17) is 9.84 Å². The third kappa shape index (κ3) is 4.56. The largest absolute Gasteiger partial charge is 0.494 e. The summed E-state index contributed by atoms with van der Waals surface area (Å²) in [4.78, 5) is 4.95. The number of hydrogen-bond donors (Lipinski definition) is 1. The highest BCUT2D eigenvalue weighted by molar-refractivity contribution is 5.49. The molecular weight excluding hydrogens is 376 g/mol. The topological polar surface area (TPSA) is 53.8 Å². The molecule has 2 heterocycles. The second-order valence-corrected chi connectivity index (χ2v) is 8.68. The van der Waals surface area contributed by atoms with E-state index in [1.54, 1.807) is 7.11 Å². The summed E-state index contributed by atoms with van der Waals surface area (Å²) in [5.74, 6) is 0.852. The third-order valence-electron chi connectivity index (χ3n) is 6.46. The minimum absolute atomic E-state index is 0.255. The van der Waals surface area contributed by atoms with E-state index in [9.17, 15) is 5.11 Å². The fourth-order valence-corrected chi connectivity index (χ4v) is 4.61. The van der Waals surface area contributed by atoms with Crippen molar-refractivity contribution in [3.63, 3.8) is 0 Å². The van der Waals surface area contributed by atoms with Crippen LogP contribution in [0.15, 0.2) is 24.3 Å². The number of hydrogen-bond acceptors (Lipinski definition) is 5. The minimum atomic E-state index is -0.255. The van der Waals surface area contributed by atoms with Crippen molar-refractivity contribution in [1.29, 1.82) is 0 Å². The van der Waals surface area contributed by atoms with Crippen molar-refractivity contribution < 1.29 is 9.84 Å². The van der Waals surface area contributed by atoms with Crippen LogP contribution in [-0.2, 0) is 19.5 Å². The van der Waals surface area contributed by atoms with Crippen LogP contribution >= 0.6 is 0 Å². The third-order valence-corrected chi connectivity index (χ3v) is 6.46. The van der Waals surface area contributed by atoms with Gasteiger partial charge in [0.2, 0.25) is 0 Å². The fourth-order valence-electron chi connectivity index (χ4n) is 4.61. The first kappa shape index (κ1) is 21.3. The second-order valence-electron chi connectivity index (χ2n) is 8.68. The van der Waals surface area contributed by atoms with E-state index in [-0.39, 0.29) is 6.10 Å². The van der Waals surface area contributed by atoms with Crippen molar-refractivity contribution >= 4 is 0 Å². The molecule has 1 aliphatic heterocycles. The van der Waals surface area contributed by atoms with E-state index in [0.717, 1.165) is 69.1 Å². The number of methoxy groups -OCH3 is 1. The number of nitrogens with zero attached hydrogens (tertiary/aromatic N) is 4. The maximum absolute atomic E-state index is 10.5. The first-order chi connectivity index (χ1) is 14.6. The van der Waals surface area contributed by atoms with Crippen LogP contribution in [0.5, 0.6) is 5.75 Å². The van der Waals surface area contributed by atoms with Gasteiger partial charge in [0, 0.05) is 44.2 Å². The van der Waals surface area contributed by atoms with Gasteiger partial charge in [-0.15, -0.1) is 0 Å². The zero-order chi connectivity index (χ0) is 21.1. The number of benzene rings is 1. The molecule has 2 aliphatic rings. The number of ether oxygens (including phenoxy) is 1. The molecule has 1 atom stereocenters. The zero-order valence-electron chi connectivity index (χ0n) is 18.7. The van der Waals surface area contributed by atoms with E-state index >= 15 is 0 Å². The van der Waals surface area contributed by atoms with Crippen LogP contribution in [0, 0.1) is 0 Å². The summed E-state index contributed by atoms with van der Waals surface area (Å²) in [6, 6.07) is 8.73. The first-order valence-corrected chi connectivity index (χ1v) is 11.5. The molecule has 2 aromatic rings. The summed E-state index contributed by atoms with van der Waals surface area (Å²) in [5, 5.41) is 15.6. The molecule has 6 nitrogen and oxygen atoms in total. The van der Waals surface area contributed by atoms with Gasteiger partial charge < -0.3 is 9.84 Å². The number of aromatic nitrogens is 2. The Morgan fingerprint density at radius 3 is 2.77 bits per heavy atom. The number of likely N-dealkylation sites (N-methyl/N-ethyl adjacent to an activating group) is 1. The van der Waals surface area contributed by atoms with Crippen molar-refractivity contribution in [2.45, 2.75) is 71.2 Å². The van der Waals surface area contributed by atoms with Crippen molar-refractivity contribution in [3.8, 4) is 11.4 Å². The Bertz CT molecular complexity index is 846. The van der Waals surface area contributed by atoms with Crippen LogP contribution in [0.2, 0.25) is 0 Å². The maximum atomic E-state index is 10.5. The van der Waals surface area contributed by atoms with Crippen molar-refractivity contribution in [2.24, 2.45) is 0 Å². The molecule has 0 radical (unpaired) electrons. The normalized spacial score (nSPS) is 17.9. The highest BCUT2D eigenvalue weighted by atomic mass is 16.5. The van der Waals surface area contributed by atoms with E-state index in [1.807, 2.05) is 18.2 Å². The summed E-state index contributed by atoms with van der Waals surface area (Å²) in [6.45, 7) is 8.99. The van der Waals surface area contributed by atoms with Crippen molar-refractivity contribution in [2.75, 3.05) is 26.7 Å². The van der Waals surface area contributed by atoms with Crippen molar-refractivity contribution in [3.05, 3.63) is 41.2 Å². The predicted molar refractivity (Wildman–Crippen MR) is 119 cm³/mol. The number of aliphatic hydroxyl groups is 1. The smallest absolute Gasteiger partial charge is 0.144 e. The molecule has 1 saturated carbocycles. The quantitative estimate of drug-likeness (QED) is 0.648. The Morgan fingerprint density at radius 1 is 1.27 bits per heavy atom. The van der Waals surface area contributed by atoms with Gasteiger partial charge >= 0.3 is 0 Å². The van der Waals surface area contributed by atoms with E-state index in [0.29, 0.717) is 6.04 Å². The van der Waals surface area contributed by atoms with Gasteiger partial charge in [0.25, 0.3) is 0 Å². The number of para-hydroxylation sites is 2. The molecule has 6 heteroatoms. The van der Waals surface area contributed by atoms with Gasteiger partial charge in [-0.3, -0.25) is 9.80 Å². The van der Waals surface area contributed by atoms with Crippen LogP contribution in [0.25, 0.3) is 5.69 Å². The SMILES string of the molecule is CCCC(O)CN(Cc1nn(-c2ccccc2OC)c2c1CN(CC)CC2)C1CC1. The zero-order valence-corrected chi connectivity index (χ0v) is 18.7. The molecule has 1 aromatic carbocycles. The highest BCUT2D eigenvalue weighted by Crippen LogP contribution is 2.33. The van der Waals surface area contributed by atoms with Gasteiger partial charge in [0.05, 0.1) is 24.6 Å². The molecule has 1 N–H and O–H groups in total. The number of rotatable bonds is 10. The summed E-state index contributed by atoms with van der Waals surface area (Å²) in [7, 11) is 1.72. The molecule has 30 heavy (non-hydrogen) atoms. The molecule has 1 aromatic heterocycles. The lowest BCUT2D eigenvalue weighted by molar-refractivity contribution is 0.0956. The standard InChI is InChI=1S/C24H36N4O2/c1-4-8-19(29)15-27(18-11-12-18)17-21-20-16-26(5-2)14-13-22(20)28(25-21)23-9-6-7-10-24(23)30-3/h6-7,9-10,18-19,29H,4-5,8,11-17H2,1-3H3. The Labute approximate surface area is 180 Å². The van der Waals surface area contributed by atoms with Crippen molar-refractivity contribution in [1.82, 2.24) is 19.6 Å². The Balaban J connectivity index is 1.68. The molecule has 0 bridgehead atoms. The van der Waals surface area contributed by atoms with Gasteiger partial charge in [0.15, 0.2) is 0 Å². The van der Waals surface area contributed by atoms with Crippen LogP contribution in [0.3, 0.4) is 0 Å². The molecule has 1 aliphatic carbocycles. The van der Waals surface area contributed by atoms with Gasteiger partial charge in [0.1, 0.15) is 11.4 Å². The Hall–Kier alpha value is -1.89.